The predicted molar refractivity (Wildman–Crippen MR) is 62.6 cm³/mol. The summed E-state index contributed by atoms with van der Waals surface area (Å²) in [6.07, 6.45) is 3.70. The third-order valence-electron chi connectivity index (χ3n) is 2.92. The van der Waals surface area contributed by atoms with E-state index in [9.17, 15) is 0 Å². The van der Waals surface area contributed by atoms with E-state index in [4.69, 9.17) is 10.5 Å². The molecule has 5 heteroatoms. The number of anilines is 1. The number of ether oxygens (including phenoxy) is 1. The van der Waals surface area contributed by atoms with E-state index >= 15 is 0 Å². The van der Waals surface area contributed by atoms with E-state index in [1.165, 1.54) is 6.33 Å². The quantitative estimate of drug-likeness (QED) is 0.816. The minimum Gasteiger partial charge on any atom is -0.481 e. The molecule has 5 nitrogen and oxygen atoms in total. The lowest BCUT2D eigenvalue weighted by molar-refractivity contribution is 0.305. The summed E-state index contributed by atoms with van der Waals surface area (Å²) in [4.78, 5) is 10.3. The van der Waals surface area contributed by atoms with Crippen LogP contribution < -0.4 is 15.4 Å². The number of rotatable bonds is 4. The van der Waals surface area contributed by atoms with Gasteiger partial charge in [-0.05, 0) is 6.42 Å². The van der Waals surface area contributed by atoms with Gasteiger partial charge in [0.1, 0.15) is 12.1 Å². The molecule has 2 rings (SSSR count). The maximum Gasteiger partial charge on any atom is 0.218 e. The maximum absolute atomic E-state index is 6.20. The number of nitrogens with zero attached hydrogens (tertiary/aromatic N) is 3. The first-order valence-electron chi connectivity index (χ1n) is 5.57. The van der Waals surface area contributed by atoms with Crippen molar-refractivity contribution in [3.63, 3.8) is 0 Å². The Morgan fingerprint density at radius 2 is 2.25 bits per heavy atom. The first-order valence-corrected chi connectivity index (χ1v) is 5.57. The number of hydrogen-bond donors (Lipinski definition) is 1. The molecule has 1 saturated heterocycles. The minimum atomic E-state index is -0.0348. The van der Waals surface area contributed by atoms with Gasteiger partial charge in [0.15, 0.2) is 0 Å². The molecule has 1 aromatic rings. The summed E-state index contributed by atoms with van der Waals surface area (Å²) < 4.78 is 5.06. The zero-order valence-corrected chi connectivity index (χ0v) is 9.81. The molecule has 0 bridgehead atoms. The van der Waals surface area contributed by atoms with Gasteiger partial charge in [0.2, 0.25) is 5.88 Å². The largest absolute Gasteiger partial charge is 0.481 e. The van der Waals surface area contributed by atoms with Crippen LogP contribution in [0.2, 0.25) is 0 Å². The highest BCUT2D eigenvalue weighted by Gasteiger charge is 2.39. The Hall–Kier alpha value is -1.36. The van der Waals surface area contributed by atoms with Crippen molar-refractivity contribution in [2.45, 2.75) is 25.3 Å². The third kappa shape index (κ3) is 2.09. The Morgan fingerprint density at radius 1 is 1.50 bits per heavy atom. The van der Waals surface area contributed by atoms with E-state index in [1.54, 1.807) is 7.11 Å². The fraction of sp³-hybridized carbons (Fsp3) is 0.636. The summed E-state index contributed by atoms with van der Waals surface area (Å²) in [6.45, 7) is 3.88. The first kappa shape index (κ1) is 11.1. The molecule has 1 aliphatic heterocycles. The standard InChI is InChI=1S/C11H18N4O/c1-3-4-11(12)6-15(7-11)9-5-10(16-2)14-8-13-9/h5,8H,3-4,6-7,12H2,1-2H3. The van der Waals surface area contributed by atoms with Crippen LogP contribution in [0.5, 0.6) is 5.88 Å². The normalized spacial score (nSPS) is 18.1. The SMILES string of the molecule is CCCC1(N)CN(c2cc(OC)ncn2)C1. The Labute approximate surface area is 95.6 Å². The molecule has 0 atom stereocenters. The summed E-state index contributed by atoms with van der Waals surface area (Å²) in [7, 11) is 1.60. The Balaban J connectivity index is 2.00. The molecule has 0 saturated carbocycles. The molecule has 2 heterocycles. The van der Waals surface area contributed by atoms with Crippen LogP contribution >= 0.6 is 0 Å². The monoisotopic (exact) mass is 222 g/mol. The number of methoxy groups -OCH3 is 1. The van der Waals surface area contributed by atoms with Crippen molar-refractivity contribution >= 4 is 5.82 Å². The van der Waals surface area contributed by atoms with E-state index in [2.05, 4.69) is 21.8 Å². The fourth-order valence-corrected chi connectivity index (χ4v) is 2.15. The molecule has 1 aromatic heterocycles. The lowest BCUT2D eigenvalue weighted by Gasteiger charge is -2.48. The van der Waals surface area contributed by atoms with Gasteiger partial charge < -0.3 is 15.4 Å². The van der Waals surface area contributed by atoms with Crippen LogP contribution in [0.3, 0.4) is 0 Å². The highest BCUT2D eigenvalue weighted by Crippen LogP contribution is 2.28. The lowest BCUT2D eigenvalue weighted by Crippen LogP contribution is -2.67. The minimum absolute atomic E-state index is 0.0348. The number of hydrogen-bond acceptors (Lipinski definition) is 5. The van der Waals surface area contributed by atoms with Gasteiger partial charge in [-0.25, -0.2) is 9.97 Å². The molecule has 0 radical (unpaired) electrons. The van der Waals surface area contributed by atoms with Crippen LogP contribution in [0.4, 0.5) is 5.82 Å². The average molecular weight is 222 g/mol. The molecule has 1 aliphatic rings. The van der Waals surface area contributed by atoms with E-state index < -0.39 is 0 Å². The van der Waals surface area contributed by atoms with Crippen molar-refractivity contribution in [1.82, 2.24) is 9.97 Å². The fourth-order valence-electron chi connectivity index (χ4n) is 2.15. The average Bonchev–Trinajstić information content (AvgIpc) is 2.26. The van der Waals surface area contributed by atoms with Crippen molar-refractivity contribution in [2.24, 2.45) is 5.73 Å². The van der Waals surface area contributed by atoms with Gasteiger partial charge in [-0.15, -0.1) is 0 Å². The molecular weight excluding hydrogens is 204 g/mol. The van der Waals surface area contributed by atoms with Gasteiger partial charge in [0, 0.05) is 19.2 Å². The van der Waals surface area contributed by atoms with Crippen molar-refractivity contribution in [1.29, 1.82) is 0 Å². The van der Waals surface area contributed by atoms with Crippen LogP contribution in [-0.2, 0) is 0 Å². The second-order valence-electron chi connectivity index (χ2n) is 4.39. The Bertz CT molecular complexity index is 363. The summed E-state index contributed by atoms with van der Waals surface area (Å²) in [5.41, 5.74) is 6.16. The molecule has 16 heavy (non-hydrogen) atoms. The second-order valence-corrected chi connectivity index (χ2v) is 4.39. The molecule has 0 amide bonds. The second kappa shape index (κ2) is 4.25. The van der Waals surface area contributed by atoms with E-state index in [0.29, 0.717) is 5.88 Å². The molecule has 0 aliphatic carbocycles. The molecular formula is C11H18N4O. The predicted octanol–water partition coefficient (Wildman–Crippen LogP) is 0.803. The van der Waals surface area contributed by atoms with Crippen LogP contribution in [0, 0.1) is 0 Å². The molecule has 2 N–H and O–H groups in total. The van der Waals surface area contributed by atoms with Gasteiger partial charge >= 0.3 is 0 Å². The van der Waals surface area contributed by atoms with Crippen molar-refractivity contribution in [2.75, 3.05) is 25.1 Å². The summed E-state index contributed by atoms with van der Waals surface area (Å²) in [6, 6.07) is 1.84. The summed E-state index contributed by atoms with van der Waals surface area (Å²) in [5.74, 6) is 1.49. The van der Waals surface area contributed by atoms with E-state index in [1.807, 2.05) is 6.07 Å². The summed E-state index contributed by atoms with van der Waals surface area (Å²) in [5, 5.41) is 0. The molecule has 1 fully saturated rings. The highest BCUT2D eigenvalue weighted by molar-refractivity contribution is 5.46. The molecule has 0 unspecified atom stereocenters. The third-order valence-corrected chi connectivity index (χ3v) is 2.92. The van der Waals surface area contributed by atoms with Gasteiger partial charge in [0.25, 0.3) is 0 Å². The van der Waals surface area contributed by atoms with Crippen LogP contribution in [0.15, 0.2) is 12.4 Å². The Kier molecular flexibility index (Phi) is 2.96. The van der Waals surface area contributed by atoms with Gasteiger partial charge in [-0.1, -0.05) is 13.3 Å². The number of nitrogens with two attached hydrogens (primary N) is 1. The smallest absolute Gasteiger partial charge is 0.218 e. The van der Waals surface area contributed by atoms with Crippen LogP contribution in [0.1, 0.15) is 19.8 Å². The molecule has 0 spiro atoms. The van der Waals surface area contributed by atoms with Gasteiger partial charge in [-0.2, -0.15) is 0 Å². The maximum atomic E-state index is 6.20. The van der Waals surface area contributed by atoms with Gasteiger partial charge in [-0.3, -0.25) is 0 Å². The zero-order chi connectivity index (χ0) is 11.6. The number of aromatic nitrogens is 2. The van der Waals surface area contributed by atoms with Gasteiger partial charge in [0.05, 0.1) is 12.6 Å². The molecule has 88 valence electrons. The van der Waals surface area contributed by atoms with E-state index in [-0.39, 0.29) is 5.54 Å². The summed E-state index contributed by atoms with van der Waals surface area (Å²) >= 11 is 0. The highest BCUT2D eigenvalue weighted by atomic mass is 16.5. The van der Waals surface area contributed by atoms with E-state index in [0.717, 1.165) is 31.7 Å². The van der Waals surface area contributed by atoms with Crippen molar-refractivity contribution in [3.05, 3.63) is 12.4 Å². The van der Waals surface area contributed by atoms with Crippen molar-refractivity contribution < 1.29 is 4.74 Å². The topological polar surface area (TPSA) is 64.3 Å². The first-order chi connectivity index (χ1) is 7.67. The zero-order valence-electron chi connectivity index (χ0n) is 9.81. The lowest BCUT2D eigenvalue weighted by atomic mass is 9.86. The Morgan fingerprint density at radius 3 is 2.88 bits per heavy atom. The van der Waals surface area contributed by atoms with Crippen LogP contribution in [-0.4, -0.2) is 35.7 Å². The molecule has 0 aromatic carbocycles. The van der Waals surface area contributed by atoms with Crippen LogP contribution in [0.25, 0.3) is 0 Å². The van der Waals surface area contributed by atoms with Crippen molar-refractivity contribution in [3.8, 4) is 5.88 Å².